The molecular formula is C13H28N2O3. The van der Waals surface area contributed by atoms with Crippen LogP contribution in [-0.2, 0) is 0 Å². The Morgan fingerprint density at radius 2 is 1.39 bits per heavy atom. The van der Waals surface area contributed by atoms with Gasteiger partial charge in [0, 0.05) is 13.1 Å². The molecule has 0 saturated carbocycles. The second kappa shape index (κ2) is 11.3. The Morgan fingerprint density at radius 1 is 0.889 bits per heavy atom. The molecule has 108 valence electrons. The van der Waals surface area contributed by atoms with Crippen LogP contribution in [0.5, 0.6) is 0 Å². The highest BCUT2D eigenvalue weighted by Crippen LogP contribution is 2.09. The van der Waals surface area contributed by atoms with E-state index in [2.05, 4.69) is 6.92 Å². The predicted molar refractivity (Wildman–Crippen MR) is 70.7 cm³/mol. The van der Waals surface area contributed by atoms with Gasteiger partial charge < -0.3 is 4.90 Å². The van der Waals surface area contributed by atoms with Crippen LogP contribution in [0.1, 0.15) is 65.2 Å². The Bertz CT molecular complexity index is 210. The van der Waals surface area contributed by atoms with Gasteiger partial charge in [-0.05, 0) is 13.3 Å². The van der Waals surface area contributed by atoms with Gasteiger partial charge in [-0.1, -0.05) is 57.1 Å². The average Bonchev–Trinajstić information content (AvgIpc) is 2.36. The Hall–Kier alpha value is -0.810. The summed E-state index contributed by atoms with van der Waals surface area (Å²) in [6.45, 7) is 5.11. The fourth-order valence-electron chi connectivity index (χ4n) is 1.95. The van der Waals surface area contributed by atoms with Gasteiger partial charge in [-0.2, -0.15) is 0 Å². The minimum atomic E-state index is -0.750. The first-order chi connectivity index (χ1) is 8.63. The third-order valence-electron chi connectivity index (χ3n) is 3.10. The van der Waals surface area contributed by atoms with Gasteiger partial charge in [0.25, 0.3) is 0 Å². The summed E-state index contributed by atoms with van der Waals surface area (Å²) in [5, 5.41) is 16.9. The topological polar surface area (TPSA) is 64.0 Å². The molecule has 2 amide bonds. The lowest BCUT2D eigenvalue weighted by Crippen LogP contribution is -2.40. The maximum atomic E-state index is 11.3. The van der Waals surface area contributed by atoms with E-state index >= 15 is 0 Å². The second-order valence-electron chi connectivity index (χ2n) is 4.63. The Morgan fingerprint density at radius 3 is 1.83 bits per heavy atom. The molecule has 0 rings (SSSR count). The molecule has 0 spiro atoms. The monoisotopic (exact) mass is 260 g/mol. The highest BCUT2D eigenvalue weighted by molar-refractivity contribution is 5.71. The fraction of sp³-hybridized carbons (Fsp3) is 0.923. The molecule has 0 radical (unpaired) electrons. The number of amides is 2. The van der Waals surface area contributed by atoms with Crippen molar-refractivity contribution in [3.05, 3.63) is 0 Å². The lowest BCUT2D eigenvalue weighted by molar-refractivity contribution is -0.264. The predicted octanol–water partition coefficient (Wildman–Crippen LogP) is 3.65. The Labute approximate surface area is 110 Å². The largest absolute Gasteiger partial charge is 0.369 e. The molecule has 0 unspecified atom stereocenters. The fourth-order valence-corrected chi connectivity index (χ4v) is 1.95. The highest BCUT2D eigenvalue weighted by Gasteiger charge is 2.15. The number of hydroxylamine groups is 2. The van der Waals surface area contributed by atoms with E-state index in [1.165, 1.54) is 43.4 Å². The van der Waals surface area contributed by atoms with E-state index in [0.29, 0.717) is 13.1 Å². The zero-order valence-corrected chi connectivity index (χ0v) is 11.8. The van der Waals surface area contributed by atoms with Crippen molar-refractivity contribution in [2.75, 3.05) is 13.1 Å². The number of hydrogen-bond acceptors (Lipinski definition) is 3. The molecule has 0 aliphatic rings. The van der Waals surface area contributed by atoms with Crippen molar-refractivity contribution in [1.29, 1.82) is 0 Å². The molecule has 2 N–H and O–H groups in total. The molecule has 0 aromatic heterocycles. The lowest BCUT2D eigenvalue weighted by atomic mass is 10.1. The molecule has 0 heterocycles. The molecule has 18 heavy (non-hydrogen) atoms. The molecule has 0 saturated heterocycles. The number of hydrogen-bond donors (Lipinski definition) is 2. The van der Waals surface area contributed by atoms with Crippen LogP contribution in [0.25, 0.3) is 0 Å². The van der Waals surface area contributed by atoms with Crippen LogP contribution < -0.4 is 0 Å². The first kappa shape index (κ1) is 17.2. The Kier molecular flexibility index (Phi) is 10.8. The van der Waals surface area contributed by atoms with Gasteiger partial charge in [0.2, 0.25) is 0 Å². The van der Waals surface area contributed by atoms with Crippen molar-refractivity contribution in [2.24, 2.45) is 0 Å². The van der Waals surface area contributed by atoms with E-state index in [0.717, 1.165) is 12.8 Å². The van der Waals surface area contributed by atoms with Crippen LogP contribution in [0.2, 0.25) is 0 Å². The summed E-state index contributed by atoms with van der Waals surface area (Å²) in [6.07, 6.45) is 9.66. The SMILES string of the molecule is CCCCCCCCCCN(CC)C(=O)N(O)O. The van der Waals surface area contributed by atoms with E-state index in [-0.39, 0.29) is 5.23 Å². The van der Waals surface area contributed by atoms with Crippen LogP contribution >= 0.6 is 0 Å². The summed E-state index contributed by atoms with van der Waals surface area (Å²) in [6, 6.07) is -0.750. The number of carbonyl (C=O) groups is 1. The molecule has 5 nitrogen and oxygen atoms in total. The van der Waals surface area contributed by atoms with Crippen molar-refractivity contribution in [1.82, 2.24) is 10.1 Å². The van der Waals surface area contributed by atoms with Gasteiger partial charge in [-0.25, -0.2) is 4.79 Å². The zero-order chi connectivity index (χ0) is 13.8. The summed E-state index contributed by atoms with van der Waals surface area (Å²) in [5.41, 5.74) is 0. The standard InChI is InChI=1S/C13H28N2O3/c1-3-5-6-7-8-9-10-11-12-14(4-2)13(16)15(17)18/h17-18H,3-12H2,1-2H3. The second-order valence-corrected chi connectivity index (χ2v) is 4.63. The van der Waals surface area contributed by atoms with Gasteiger partial charge >= 0.3 is 6.03 Å². The summed E-state index contributed by atoms with van der Waals surface area (Å²) in [5.74, 6) is 0. The molecule has 5 heteroatoms. The quantitative estimate of drug-likeness (QED) is 0.358. The van der Waals surface area contributed by atoms with Gasteiger partial charge in [-0.3, -0.25) is 10.4 Å². The molecule has 0 fully saturated rings. The number of nitrogens with zero attached hydrogens (tertiary/aromatic N) is 2. The maximum absolute atomic E-state index is 11.3. The molecule has 0 aliphatic carbocycles. The number of urea groups is 1. The summed E-state index contributed by atoms with van der Waals surface area (Å²) in [4.78, 5) is 12.7. The van der Waals surface area contributed by atoms with Gasteiger partial charge in [0.1, 0.15) is 0 Å². The maximum Gasteiger partial charge on any atom is 0.369 e. The normalized spacial score (nSPS) is 10.4. The van der Waals surface area contributed by atoms with Crippen LogP contribution in [0.15, 0.2) is 0 Å². The highest BCUT2D eigenvalue weighted by atomic mass is 16.8. The Balaban J connectivity index is 3.48. The van der Waals surface area contributed by atoms with E-state index in [9.17, 15) is 4.79 Å². The van der Waals surface area contributed by atoms with Crippen molar-refractivity contribution in [3.63, 3.8) is 0 Å². The van der Waals surface area contributed by atoms with Crippen LogP contribution in [0.3, 0.4) is 0 Å². The minimum Gasteiger partial charge on any atom is -0.321 e. The van der Waals surface area contributed by atoms with Crippen molar-refractivity contribution < 1.29 is 15.2 Å². The first-order valence-electron chi connectivity index (χ1n) is 7.10. The molecule has 0 aromatic rings. The summed E-state index contributed by atoms with van der Waals surface area (Å²) >= 11 is 0. The average molecular weight is 260 g/mol. The van der Waals surface area contributed by atoms with E-state index < -0.39 is 6.03 Å². The number of unbranched alkanes of at least 4 members (excludes halogenated alkanes) is 7. The minimum absolute atomic E-state index is 0.339. The molecule has 0 aromatic carbocycles. The third kappa shape index (κ3) is 8.31. The zero-order valence-electron chi connectivity index (χ0n) is 11.8. The van der Waals surface area contributed by atoms with E-state index in [4.69, 9.17) is 10.4 Å². The van der Waals surface area contributed by atoms with Gasteiger partial charge in [-0.15, -0.1) is 0 Å². The molecule has 0 aliphatic heterocycles. The molecule has 0 atom stereocenters. The summed E-state index contributed by atoms with van der Waals surface area (Å²) in [7, 11) is 0. The van der Waals surface area contributed by atoms with Crippen LogP contribution in [-0.4, -0.2) is 39.7 Å². The van der Waals surface area contributed by atoms with Crippen molar-refractivity contribution in [3.8, 4) is 0 Å². The van der Waals surface area contributed by atoms with E-state index in [1.54, 1.807) is 0 Å². The summed E-state index contributed by atoms with van der Waals surface area (Å²) < 4.78 is 0. The van der Waals surface area contributed by atoms with Gasteiger partial charge in [0.05, 0.1) is 0 Å². The number of rotatable bonds is 10. The lowest BCUT2D eigenvalue weighted by Gasteiger charge is -2.21. The van der Waals surface area contributed by atoms with Crippen molar-refractivity contribution in [2.45, 2.75) is 65.2 Å². The van der Waals surface area contributed by atoms with E-state index in [1.807, 2.05) is 6.92 Å². The molecule has 0 bridgehead atoms. The van der Waals surface area contributed by atoms with Crippen LogP contribution in [0.4, 0.5) is 4.79 Å². The first-order valence-corrected chi connectivity index (χ1v) is 7.10. The number of carbonyl (C=O) groups excluding carboxylic acids is 1. The van der Waals surface area contributed by atoms with Gasteiger partial charge in [0.15, 0.2) is 0 Å². The third-order valence-corrected chi connectivity index (χ3v) is 3.10. The smallest absolute Gasteiger partial charge is 0.321 e. The van der Waals surface area contributed by atoms with Crippen LogP contribution in [0, 0.1) is 0 Å². The molecular weight excluding hydrogens is 232 g/mol. The van der Waals surface area contributed by atoms with Crippen molar-refractivity contribution >= 4 is 6.03 Å².